The number of hydrogen-bond donors (Lipinski definition) is 2. The van der Waals surface area contributed by atoms with Crippen LogP contribution in [0.4, 0.5) is 0 Å². The average Bonchev–Trinajstić information content (AvgIpc) is 2.39. The molecule has 0 amide bonds. The molecule has 2 nitrogen and oxygen atoms in total. The Balaban J connectivity index is 2.01. The molecule has 2 rings (SSSR count). The van der Waals surface area contributed by atoms with Crippen molar-refractivity contribution in [1.29, 1.82) is 0 Å². The summed E-state index contributed by atoms with van der Waals surface area (Å²) in [5, 5.41) is 11.0. The lowest BCUT2D eigenvalue weighted by molar-refractivity contribution is -0.0440. The van der Waals surface area contributed by atoms with Crippen LogP contribution in [0.1, 0.15) is 77.6 Å². The third kappa shape index (κ3) is 3.72. The standard InChI is InChI=1S/C17H33NO/c1-14-7-9-15(10-8-14)16(19)17(13-18)11-5-3-2-4-6-12-17/h14-16,19H,2-13,18H2,1H3. The highest BCUT2D eigenvalue weighted by atomic mass is 16.3. The minimum absolute atomic E-state index is 0.0334. The molecule has 112 valence electrons. The first-order chi connectivity index (χ1) is 9.18. The number of aliphatic hydroxyl groups is 1. The van der Waals surface area contributed by atoms with E-state index in [9.17, 15) is 5.11 Å². The molecule has 0 aromatic rings. The molecule has 0 saturated heterocycles. The predicted molar refractivity (Wildman–Crippen MR) is 80.9 cm³/mol. The minimum atomic E-state index is -0.150. The first-order valence-electron chi connectivity index (χ1n) is 8.56. The second kappa shape index (κ2) is 7.08. The van der Waals surface area contributed by atoms with Gasteiger partial charge in [0.15, 0.2) is 0 Å². The zero-order chi connectivity index (χ0) is 13.7. The normalized spacial score (nSPS) is 34.3. The van der Waals surface area contributed by atoms with Crippen LogP contribution in [0.5, 0.6) is 0 Å². The quantitative estimate of drug-likeness (QED) is 0.815. The zero-order valence-corrected chi connectivity index (χ0v) is 12.7. The second-order valence-corrected chi connectivity index (χ2v) is 7.30. The summed E-state index contributed by atoms with van der Waals surface area (Å²) in [7, 11) is 0. The van der Waals surface area contributed by atoms with Crippen molar-refractivity contribution in [2.45, 2.75) is 83.7 Å². The molecule has 1 atom stereocenters. The van der Waals surface area contributed by atoms with Crippen molar-refractivity contribution < 1.29 is 5.11 Å². The van der Waals surface area contributed by atoms with Crippen LogP contribution in [0.2, 0.25) is 0 Å². The number of nitrogens with two attached hydrogens (primary N) is 1. The summed E-state index contributed by atoms with van der Waals surface area (Å²) in [6.45, 7) is 3.03. The van der Waals surface area contributed by atoms with Gasteiger partial charge in [-0.3, -0.25) is 0 Å². The largest absolute Gasteiger partial charge is 0.392 e. The Hall–Kier alpha value is -0.0800. The van der Waals surface area contributed by atoms with Crippen molar-refractivity contribution >= 4 is 0 Å². The van der Waals surface area contributed by atoms with Crippen LogP contribution >= 0.6 is 0 Å². The van der Waals surface area contributed by atoms with Gasteiger partial charge in [-0.15, -0.1) is 0 Å². The highest BCUT2D eigenvalue weighted by Gasteiger charge is 2.41. The van der Waals surface area contributed by atoms with Crippen molar-refractivity contribution in [2.75, 3.05) is 6.54 Å². The summed E-state index contributed by atoms with van der Waals surface area (Å²) in [6.07, 6.45) is 13.7. The fourth-order valence-electron chi connectivity index (χ4n) is 4.33. The van der Waals surface area contributed by atoms with Gasteiger partial charge in [0.1, 0.15) is 0 Å². The lowest BCUT2D eigenvalue weighted by Gasteiger charge is -2.44. The summed E-state index contributed by atoms with van der Waals surface area (Å²) in [5.74, 6) is 1.37. The molecule has 0 aliphatic heterocycles. The van der Waals surface area contributed by atoms with Crippen molar-refractivity contribution in [1.82, 2.24) is 0 Å². The first-order valence-corrected chi connectivity index (χ1v) is 8.56. The molecule has 0 bridgehead atoms. The third-order valence-electron chi connectivity index (χ3n) is 5.89. The Kier molecular flexibility index (Phi) is 5.70. The maximum atomic E-state index is 11.0. The maximum absolute atomic E-state index is 11.0. The second-order valence-electron chi connectivity index (χ2n) is 7.30. The van der Waals surface area contributed by atoms with Gasteiger partial charge in [-0.1, -0.05) is 51.9 Å². The smallest absolute Gasteiger partial charge is 0.0636 e. The average molecular weight is 267 g/mol. The molecule has 2 saturated carbocycles. The van der Waals surface area contributed by atoms with Crippen LogP contribution in [0.3, 0.4) is 0 Å². The van der Waals surface area contributed by atoms with E-state index in [1.165, 1.54) is 57.8 Å². The molecule has 0 spiro atoms. The molecular weight excluding hydrogens is 234 g/mol. The van der Waals surface area contributed by atoms with Crippen molar-refractivity contribution in [3.05, 3.63) is 0 Å². The molecule has 0 aromatic carbocycles. The lowest BCUT2D eigenvalue weighted by atomic mass is 9.65. The van der Waals surface area contributed by atoms with E-state index in [0.717, 1.165) is 18.8 Å². The molecule has 2 heteroatoms. The number of hydrogen-bond acceptors (Lipinski definition) is 2. The Morgan fingerprint density at radius 1 is 1.00 bits per heavy atom. The van der Waals surface area contributed by atoms with Gasteiger partial charge in [0.05, 0.1) is 6.10 Å². The monoisotopic (exact) mass is 267 g/mol. The zero-order valence-electron chi connectivity index (χ0n) is 12.7. The summed E-state index contributed by atoms with van der Waals surface area (Å²) < 4.78 is 0. The molecule has 2 fully saturated rings. The van der Waals surface area contributed by atoms with Gasteiger partial charge in [-0.05, 0) is 37.5 Å². The van der Waals surface area contributed by atoms with Crippen LogP contribution < -0.4 is 5.73 Å². The molecule has 0 aromatic heterocycles. The third-order valence-corrected chi connectivity index (χ3v) is 5.89. The molecule has 3 N–H and O–H groups in total. The van der Waals surface area contributed by atoms with Crippen LogP contribution in [0, 0.1) is 17.3 Å². The fraction of sp³-hybridized carbons (Fsp3) is 1.00. The van der Waals surface area contributed by atoms with Gasteiger partial charge in [0.2, 0.25) is 0 Å². The Bertz CT molecular complexity index is 250. The minimum Gasteiger partial charge on any atom is -0.392 e. The molecule has 0 heterocycles. The van der Waals surface area contributed by atoms with Crippen molar-refractivity contribution in [3.8, 4) is 0 Å². The maximum Gasteiger partial charge on any atom is 0.0636 e. The van der Waals surface area contributed by atoms with E-state index in [0.29, 0.717) is 12.5 Å². The van der Waals surface area contributed by atoms with E-state index >= 15 is 0 Å². The van der Waals surface area contributed by atoms with E-state index in [4.69, 9.17) is 5.73 Å². The molecule has 0 radical (unpaired) electrons. The van der Waals surface area contributed by atoms with Crippen LogP contribution in [-0.2, 0) is 0 Å². The summed E-state index contributed by atoms with van der Waals surface area (Å²) in [4.78, 5) is 0. The van der Waals surface area contributed by atoms with Gasteiger partial charge >= 0.3 is 0 Å². The van der Waals surface area contributed by atoms with Gasteiger partial charge in [0.25, 0.3) is 0 Å². The SMILES string of the molecule is CC1CCC(C(O)C2(CN)CCCCCCC2)CC1. The molecule has 1 unspecified atom stereocenters. The van der Waals surface area contributed by atoms with Crippen molar-refractivity contribution in [3.63, 3.8) is 0 Å². The number of rotatable bonds is 3. The highest BCUT2D eigenvalue weighted by Crippen LogP contribution is 2.43. The van der Waals surface area contributed by atoms with Gasteiger partial charge in [0, 0.05) is 12.0 Å². The van der Waals surface area contributed by atoms with E-state index in [-0.39, 0.29) is 11.5 Å². The Morgan fingerprint density at radius 2 is 1.53 bits per heavy atom. The predicted octanol–water partition coefficient (Wildman–Crippen LogP) is 3.86. The molecule has 2 aliphatic carbocycles. The van der Waals surface area contributed by atoms with E-state index in [1.807, 2.05) is 0 Å². The summed E-state index contributed by atoms with van der Waals surface area (Å²) >= 11 is 0. The molecular formula is C17H33NO. The van der Waals surface area contributed by atoms with Gasteiger partial charge in [-0.25, -0.2) is 0 Å². The lowest BCUT2D eigenvalue weighted by Crippen LogP contribution is -2.47. The molecule has 2 aliphatic rings. The Morgan fingerprint density at radius 3 is 2.05 bits per heavy atom. The summed E-state index contributed by atoms with van der Waals surface area (Å²) in [5.41, 5.74) is 6.17. The van der Waals surface area contributed by atoms with E-state index in [2.05, 4.69) is 6.92 Å². The Labute approximate surface area is 119 Å². The van der Waals surface area contributed by atoms with Crippen LogP contribution in [0.25, 0.3) is 0 Å². The topological polar surface area (TPSA) is 46.2 Å². The van der Waals surface area contributed by atoms with E-state index < -0.39 is 0 Å². The number of aliphatic hydroxyl groups excluding tert-OH is 1. The van der Waals surface area contributed by atoms with E-state index in [1.54, 1.807) is 0 Å². The molecule has 19 heavy (non-hydrogen) atoms. The summed E-state index contributed by atoms with van der Waals surface area (Å²) in [6, 6.07) is 0. The first kappa shape index (κ1) is 15.3. The van der Waals surface area contributed by atoms with Gasteiger partial charge in [-0.2, -0.15) is 0 Å². The van der Waals surface area contributed by atoms with Crippen molar-refractivity contribution in [2.24, 2.45) is 23.0 Å². The van der Waals surface area contributed by atoms with Crippen LogP contribution in [-0.4, -0.2) is 17.8 Å². The van der Waals surface area contributed by atoms with Crippen LogP contribution in [0.15, 0.2) is 0 Å². The fourth-order valence-corrected chi connectivity index (χ4v) is 4.33. The highest BCUT2D eigenvalue weighted by molar-refractivity contribution is 4.93. The van der Waals surface area contributed by atoms with Gasteiger partial charge < -0.3 is 10.8 Å².